The number of benzene rings is 1. The van der Waals surface area contributed by atoms with E-state index in [0.717, 1.165) is 18.8 Å². The van der Waals surface area contributed by atoms with Crippen LogP contribution in [0.1, 0.15) is 38.7 Å². The molecule has 0 saturated carbocycles. The molecule has 2 aliphatic rings. The Morgan fingerprint density at radius 2 is 1.86 bits per heavy atom. The number of anilines is 1. The van der Waals surface area contributed by atoms with E-state index in [9.17, 15) is 0 Å². The highest BCUT2D eigenvalue weighted by atomic mass is 35.5. The molecule has 0 radical (unpaired) electrons. The SMILES string of the molecule is CC(C)N1CCC2(CCN(c3ccc(C#N)c(Cl)c3)C2)CC1. The highest BCUT2D eigenvalue weighted by molar-refractivity contribution is 6.32. The van der Waals surface area contributed by atoms with Crippen LogP contribution in [0.5, 0.6) is 0 Å². The minimum Gasteiger partial charge on any atom is -0.371 e. The minimum atomic E-state index is 0.478. The monoisotopic (exact) mass is 317 g/mol. The number of nitriles is 1. The molecular formula is C18H24ClN3. The van der Waals surface area contributed by atoms with Gasteiger partial charge in [-0.25, -0.2) is 0 Å². The van der Waals surface area contributed by atoms with E-state index in [1.54, 1.807) is 0 Å². The Hall–Kier alpha value is -1.24. The normalized spacial score (nSPS) is 21.5. The molecule has 0 atom stereocenters. The number of piperidine rings is 1. The van der Waals surface area contributed by atoms with Gasteiger partial charge in [-0.1, -0.05) is 11.6 Å². The van der Waals surface area contributed by atoms with Gasteiger partial charge < -0.3 is 9.80 Å². The standard InChI is InChI=1S/C18H24ClN3/c1-14(2)21-8-5-18(6-9-21)7-10-22(13-18)16-4-3-15(12-20)17(19)11-16/h3-4,11,14H,5-10,13H2,1-2H3. The van der Waals surface area contributed by atoms with Crippen LogP contribution in [0, 0.1) is 16.7 Å². The van der Waals surface area contributed by atoms with Crippen molar-refractivity contribution >= 4 is 17.3 Å². The van der Waals surface area contributed by atoms with Crippen molar-refractivity contribution in [3.8, 4) is 6.07 Å². The molecule has 0 aliphatic carbocycles. The summed E-state index contributed by atoms with van der Waals surface area (Å²) in [6.45, 7) is 9.25. The Balaban J connectivity index is 1.68. The zero-order chi connectivity index (χ0) is 15.7. The van der Waals surface area contributed by atoms with Crippen LogP contribution >= 0.6 is 11.6 Å². The van der Waals surface area contributed by atoms with Crippen molar-refractivity contribution in [3.05, 3.63) is 28.8 Å². The maximum Gasteiger partial charge on any atom is 0.101 e. The van der Waals surface area contributed by atoms with E-state index in [0.29, 0.717) is 22.0 Å². The smallest absolute Gasteiger partial charge is 0.101 e. The molecule has 1 spiro atoms. The van der Waals surface area contributed by atoms with E-state index in [4.69, 9.17) is 16.9 Å². The number of hydrogen-bond acceptors (Lipinski definition) is 3. The summed E-state index contributed by atoms with van der Waals surface area (Å²) in [5, 5.41) is 9.56. The third-order valence-electron chi connectivity index (χ3n) is 5.47. The number of hydrogen-bond donors (Lipinski definition) is 0. The van der Waals surface area contributed by atoms with Crippen LogP contribution < -0.4 is 4.90 Å². The van der Waals surface area contributed by atoms with Gasteiger partial charge in [-0.05, 0) is 69.8 Å². The molecule has 3 nitrogen and oxygen atoms in total. The Morgan fingerprint density at radius 1 is 1.18 bits per heavy atom. The van der Waals surface area contributed by atoms with Gasteiger partial charge in [0.15, 0.2) is 0 Å². The van der Waals surface area contributed by atoms with Crippen LogP contribution in [0.2, 0.25) is 5.02 Å². The number of halogens is 1. The molecule has 1 aromatic rings. The maximum absolute atomic E-state index is 8.99. The molecule has 0 N–H and O–H groups in total. The summed E-state index contributed by atoms with van der Waals surface area (Å²) >= 11 is 6.18. The lowest BCUT2D eigenvalue weighted by Crippen LogP contribution is -2.44. The van der Waals surface area contributed by atoms with Crippen molar-refractivity contribution in [1.82, 2.24) is 4.90 Å². The van der Waals surface area contributed by atoms with Crippen molar-refractivity contribution in [2.75, 3.05) is 31.1 Å². The van der Waals surface area contributed by atoms with Gasteiger partial charge >= 0.3 is 0 Å². The fourth-order valence-electron chi connectivity index (χ4n) is 3.87. The van der Waals surface area contributed by atoms with Crippen LogP contribution in [0.4, 0.5) is 5.69 Å². The average Bonchev–Trinajstić information content (AvgIpc) is 2.91. The van der Waals surface area contributed by atoms with E-state index >= 15 is 0 Å². The van der Waals surface area contributed by atoms with Gasteiger partial charge in [-0.3, -0.25) is 0 Å². The second-order valence-corrected chi connectivity index (χ2v) is 7.48. The van der Waals surface area contributed by atoms with E-state index in [1.807, 2.05) is 18.2 Å². The zero-order valence-corrected chi connectivity index (χ0v) is 14.2. The summed E-state index contributed by atoms with van der Waals surface area (Å²) in [6.07, 6.45) is 3.87. The van der Waals surface area contributed by atoms with Crippen molar-refractivity contribution in [2.24, 2.45) is 5.41 Å². The zero-order valence-electron chi connectivity index (χ0n) is 13.5. The predicted octanol–water partition coefficient (Wildman–Crippen LogP) is 3.91. The molecule has 0 amide bonds. The quantitative estimate of drug-likeness (QED) is 0.828. The highest BCUT2D eigenvalue weighted by Gasteiger charge is 2.40. The summed E-state index contributed by atoms with van der Waals surface area (Å²) in [5.74, 6) is 0. The molecule has 22 heavy (non-hydrogen) atoms. The summed E-state index contributed by atoms with van der Waals surface area (Å²) < 4.78 is 0. The van der Waals surface area contributed by atoms with Gasteiger partial charge in [0.25, 0.3) is 0 Å². The van der Waals surface area contributed by atoms with Crippen molar-refractivity contribution < 1.29 is 0 Å². The largest absolute Gasteiger partial charge is 0.371 e. The highest BCUT2D eigenvalue weighted by Crippen LogP contribution is 2.42. The molecule has 1 aromatic carbocycles. The molecule has 2 saturated heterocycles. The van der Waals surface area contributed by atoms with Gasteiger partial charge in [-0.2, -0.15) is 5.26 Å². The molecular weight excluding hydrogens is 294 g/mol. The number of nitrogens with zero attached hydrogens (tertiary/aromatic N) is 3. The lowest BCUT2D eigenvalue weighted by atomic mass is 9.77. The topological polar surface area (TPSA) is 30.3 Å². The number of rotatable bonds is 2. The molecule has 2 fully saturated rings. The first kappa shape index (κ1) is 15.6. The Kier molecular flexibility index (Phi) is 4.34. The first-order valence-corrected chi connectivity index (χ1v) is 8.59. The summed E-state index contributed by atoms with van der Waals surface area (Å²) in [5.41, 5.74) is 2.20. The van der Waals surface area contributed by atoms with Gasteiger partial charge in [0, 0.05) is 24.8 Å². The van der Waals surface area contributed by atoms with Gasteiger partial charge in [0.05, 0.1) is 10.6 Å². The second-order valence-electron chi connectivity index (χ2n) is 7.08. The van der Waals surface area contributed by atoms with Crippen LogP contribution in [-0.4, -0.2) is 37.1 Å². The Labute approximate surface area is 138 Å². The molecule has 4 heteroatoms. The van der Waals surface area contributed by atoms with Crippen LogP contribution in [0.3, 0.4) is 0 Å². The predicted molar refractivity (Wildman–Crippen MR) is 91.4 cm³/mol. The average molecular weight is 318 g/mol. The van der Waals surface area contributed by atoms with Crippen LogP contribution in [0.25, 0.3) is 0 Å². The maximum atomic E-state index is 8.99. The van der Waals surface area contributed by atoms with Gasteiger partial charge in [0.2, 0.25) is 0 Å². The lowest BCUT2D eigenvalue weighted by Gasteiger charge is -2.41. The third-order valence-corrected chi connectivity index (χ3v) is 5.78. The summed E-state index contributed by atoms with van der Waals surface area (Å²) in [4.78, 5) is 5.03. The van der Waals surface area contributed by atoms with Crippen molar-refractivity contribution in [3.63, 3.8) is 0 Å². The Morgan fingerprint density at radius 3 is 2.45 bits per heavy atom. The molecule has 0 aromatic heterocycles. The first-order valence-electron chi connectivity index (χ1n) is 8.22. The van der Waals surface area contributed by atoms with Crippen LogP contribution in [0.15, 0.2) is 18.2 Å². The van der Waals surface area contributed by atoms with E-state index in [2.05, 4.69) is 29.7 Å². The molecule has 2 heterocycles. The first-order chi connectivity index (χ1) is 10.5. The molecule has 0 bridgehead atoms. The van der Waals surface area contributed by atoms with Crippen molar-refractivity contribution in [1.29, 1.82) is 5.26 Å². The fraction of sp³-hybridized carbons (Fsp3) is 0.611. The lowest BCUT2D eigenvalue weighted by molar-refractivity contribution is 0.0969. The van der Waals surface area contributed by atoms with E-state index in [1.165, 1.54) is 32.4 Å². The molecule has 118 valence electrons. The third kappa shape index (κ3) is 2.95. The fourth-order valence-corrected chi connectivity index (χ4v) is 4.09. The van der Waals surface area contributed by atoms with Gasteiger partial charge in [-0.15, -0.1) is 0 Å². The van der Waals surface area contributed by atoms with Gasteiger partial charge in [0.1, 0.15) is 6.07 Å². The molecule has 2 aliphatic heterocycles. The molecule has 0 unspecified atom stereocenters. The summed E-state index contributed by atoms with van der Waals surface area (Å²) in [6, 6.07) is 8.61. The summed E-state index contributed by atoms with van der Waals surface area (Å²) in [7, 11) is 0. The molecule has 3 rings (SSSR count). The van der Waals surface area contributed by atoms with E-state index < -0.39 is 0 Å². The number of likely N-dealkylation sites (tertiary alicyclic amines) is 1. The van der Waals surface area contributed by atoms with E-state index in [-0.39, 0.29) is 0 Å². The minimum absolute atomic E-state index is 0.478. The Bertz CT molecular complexity index is 582. The van der Waals surface area contributed by atoms with Crippen molar-refractivity contribution in [2.45, 2.75) is 39.2 Å². The van der Waals surface area contributed by atoms with Crippen LogP contribution in [-0.2, 0) is 0 Å². The second kappa shape index (κ2) is 6.10.